The topological polar surface area (TPSA) is 0 Å². The maximum Gasteiger partial charge on any atom is 0.0634 e. The Morgan fingerprint density at radius 2 is 1.76 bits per heavy atom. The Labute approximate surface area is 135 Å². The fraction of sp³-hybridized carbons (Fsp3) is 0.158. The van der Waals surface area contributed by atoms with Crippen molar-refractivity contribution in [2.24, 2.45) is 0 Å². The van der Waals surface area contributed by atoms with E-state index >= 15 is 0 Å². The lowest BCUT2D eigenvalue weighted by atomic mass is 9.94. The molecule has 0 aliphatic heterocycles. The lowest BCUT2D eigenvalue weighted by molar-refractivity contribution is 0.919. The van der Waals surface area contributed by atoms with Crippen LogP contribution in [0.2, 0.25) is 5.02 Å². The fourth-order valence-electron chi connectivity index (χ4n) is 2.79. The van der Waals surface area contributed by atoms with Crippen LogP contribution in [0.1, 0.15) is 22.1 Å². The van der Waals surface area contributed by atoms with E-state index in [9.17, 15) is 0 Å². The van der Waals surface area contributed by atoms with Gasteiger partial charge >= 0.3 is 0 Å². The Morgan fingerprint density at radius 3 is 2.57 bits per heavy atom. The molecule has 0 nitrogen and oxygen atoms in total. The third kappa shape index (κ3) is 3.07. The molecule has 3 aromatic carbocycles. The molecule has 0 amide bonds. The van der Waals surface area contributed by atoms with Crippen molar-refractivity contribution in [1.82, 2.24) is 0 Å². The maximum absolute atomic E-state index is 6.73. The molecule has 1 atom stereocenters. The largest absolute Gasteiger partial charge is 0.117 e. The number of hydrogen-bond donors (Lipinski definition) is 0. The van der Waals surface area contributed by atoms with Gasteiger partial charge < -0.3 is 0 Å². The minimum atomic E-state index is -0.0606. The maximum atomic E-state index is 6.73. The molecule has 3 aromatic rings. The van der Waals surface area contributed by atoms with Crippen LogP contribution in [0, 0.1) is 6.92 Å². The predicted molar refractivity (Wildman–Crippen MR) is 92.4 cm³/mol. The van der Waals surface area contributed by atoms with Gasteiger partial charge in [0.1, 0.15) is 0 Å². The molecule has 0 aliphatic rings. The van der Waals surface area contributed by atoms with Crippen molar-refractivity contribution in [3.63, 3.8) is 0 Å². The van der Waals surface area contributed by atoms with Crippen LogP contribution in [0.15, 0.2) is 60.7 Å². The highest BCUT2D eigenvalue weighted by atomic mass is 35.5. The van der Waals surface area contributed by atoms with Crippen LogP contribution >= 0.6 is 23.2 Å². The van der Waals surface area contributed by atoms with Gasteiger partial charge in [0, 0.05) is 5.02 Å². The zero-order valence-corrected chi connectivity index (χ0v) is 13.3. The van der Waals surface area contributed by atoms with Gasteiger partial charge in [-0.2, -0.15) is 0 Å². The van der Waals surface area contributed by atoms with Crippen LogP contribution < -0.4 is 0 Å². The number of fused-ring (bicyclic) bond motifs is 1. The van der Waals surface area contributed by atoms with Gasteiger partial charge in [-0.25, -0.2) is 0 Å². The molecule has 2 heteroatoms. The molecule has 0 aromatic heterocycles. The summed E-state index contributed by atoms with van der Waals surface area (Å²) in [5.41, 5.74) is 3.61. The lowest BCUT2D eigenvalue weighted by Crippen LogP contribution is -2.00. The Bertz CT molecular complexity index is 777. The van der Waals surface area contributed by atoms with Crippen LogP contribution in [0.25, 0.3) is 10.8 Å². The van der Waals surface area contributed by atoms with Crippen LogP contribution in [0.4, 0.5) is 0 Å². The molecule has 0 fully saturated rings. The smallest absolute Gasteiger partial charge is 0.0634 e. The van der Waals surface area contributed by atoms with E-state index in [1.54, 1.807) is 0 Å². The Hall–Kier alpha value is -1.50. The van der Waals surface area contributed by atoms with Gasteiger partial charge in [0.25, 0.3) is 0 Å². The molecule has 0 radical (unpaired) electrons. The normalized spacial score (nSPS) is 12.5. The van der Waals surface area contributed by atoms with E-state index in [2.05, 4.69) is 49.4 Å². The zero-order valence-electron chi connectivity index (χ0n) is 11.8. The van der Waals surface area contributed by atoms with Crippen molar-refractivity contribution in [2.75, 3.05) is 0 Å². The SMILES string of the molecule is Cc1ccc2ccccc2c1C(Cl)Cc1cccc(Cl)c1. The van der Waals surface area contributed by atoms with E-state index in [0.717, 1.165) is 17.0 Å². The summed E-state index contributed by atoms with van der Waals surface area (Å²) in [5.74, 6) is 0. The van der Waals surface area contributed by atoms with Gasteiger partial charge in [-0.1, -0.05) is 60.1 Å². The molecule has 21 heavy (non-hydrogen) atoms. The molecule has 3 rings (SSSR count). The van der Waals surface area contributed by atoms with E-state index < -0.39 is 0 Å². The number of rotatable bonds is 3. The van der Waals surface area contributed by atoms with E-state index in [-0.39, 0.29) is 5.38 Å². The standard InChI is InChI=1S/C19H16Cl2/c1-13-9-10-15-6-2-3-8-17(15)19(13)18(21)12-14-5-4-7-16(20)11-14/h2-11,18H,12H2,1H3. The first-order valence-corrected chi connectivity index (χ1v) is 7.83. The van der Waals surface area contributed by atoms with Gasteiger partial charge in [0.15, 0.2) is 0 Å². The molecule has 0 N–H and O–H groups in total. The van der Waals surface area contributed by atoms with E-state index in [4.69, 9.17) is 23.2 Å². The zero-order chi connectivity index (χ0) is 14.8. The first-order chi connectivity index (χ1) is 10.1. The molecule has 0 spiro atoms. The second-order valence-electron chi connectivity index (χ2n) is 5.32. The van der Waals surface area contributed by atoms with E-state index in [1.165, 1.54) is 21.9 Å². The lowest BCUT2D eigenvalue weighted by Gasteiger charge is -2.16. The summed E-state index contributed by atoms with van der Waals surface area (Å²) in [5, 5.41) is 3.16. The number of halogens is 2. The summed E-state index contributed by atoms with van der Waals surface area (Å²) in [6, 6.07) is 20.6. The number of hydrogen-bond acceptors (Lipinski definition) is 0. The molecular formula is C19H16Cl2. The first kappa shape index (κ1) is 14.4. The summed E-state index contributed by atoms with van der Waals surface area (Å²) in [4.78, 5) is 0. The Balaban J connectivity index is 2.01. The molecule has 106 valence electrons. The highest BCUT2D eigenvalue weighted by Crippen LogP contribution is 2.34. The minimum absolute atomic E-state index is 0.0606. The van der Waals surface area contributed by atoms with Crippen LogP contribution in [-0.4, -0.2) is 0 Å². The summed E-state index contributed by atoms with van der Waals surface area (Å²) in [6.45, 7) is 2.12. The van der Waals surface area contributed by atoms with Gasteiger partial charge in [0.05, 0.1) is 5.38 Å². The van der Waals surface area contributed by atoms with Crippen LogP contribution in [0.5, 0.6) is 0 Å². The Kier molecular flexibility index (Phi) is 4.19. The molecule has 0 saturated heterocycles. The fourth-order valence-corrected chi connectivity index (χ4v) is 3.47. The molecule has 0 saturated carbocycles. The molecule has 0 heterocycles. The molecule has 1 unspecified atom stereocenters. The van der Waals surface area contributed by atoms with Crippen molar-refractivity contribution in [3.05, 3.63) is 82.4 Å². The number of benzene rings is 3. The molecular weight excluding hydrogens is 299 g/mol. The van der Waals surface area contributed by atoms with Gasteiger partial charge in [-0.3, -0.25) is 0 Å². The van der Waals surface area contributed by atoms with E-state index in [1.807, 2.05) is 18.2 Å². The van der Waals surface area contributed by atoms with Crippen molar-refractivity contribution in [2.45, 2.75) is 18.7 Å². The van der Waals surface area contributed by atoms with Gasteiger partial charge in [0.2, 0.25) is 0 Å². The average Bonchev–Trinajstić information content (AvgIpc) is 2.47. The minimum Gasteiger partial charge on any atom is -0.117 e. The summed E-state index contributed by atoms with van der Waals surface area (Å²) < 4.78 is 0. The van der Waals surface area contributed by atoms with Crippen LogP contribution in [-0.2, 0) is 6.42 Å². The van der Waals surface area contributed by atoms with Crippen molar-refractivity contribution in [3.8, 4) is 0 Å². The molecule has 0 aliphatic carbocycles. The second kappa shape index (κ2) is 6.09. The number of alkyl halides is 1. The molecule has 0 bridgehead atoms. The van der Waals surface area contributed by atoms with Crippen molar-refractivity contribution in [1.29, 1.82) is 0 Å². The second-order valence-corrected chi connectivity index (χ2v) is 6.28. The Morgan fingerprint density at radius 1 is 0.952 bits per heavy atom. The third-order valence-electron chi connectivity index (χ3n) is 3.81. The van der Waals surface area contributed by atoms with Crippen molar-refractivity contribution >= 4 is 34.0 Å². The first-order valence-electron chi connectivity index (χ1n) is 7.02. The summed E-state index contributed by atoms with van der Waals surface area (Å²) in [7, 11) is 0. The van der Waals surface area contributed by atoms with Crippen molar-refractivity contribution < 1.29 is 0 Å². The van der Waals surface area contributed by atoms with Crippen LogP contribution in [0.3, 0.4) is 0 Å². The predicted octanol–water partition coefficient (Wildman–Crippen LogP) is 6.32. The quantitative estimate of drug-likeness (QED) is 0.496. The summed E-state index contributed by atoms with van der Waals surface area (Å²) in [6.07, 6.45) is 0.775. The third-order valence-corrected chi connectivity index (χ3v) is 4.41. The average molecular weight is 315 g/mol. The van der Waals surface area contributed by atoms with Gasteiger partial charge in [-0.05, 0) is 52.9 Å². The highest BCUT2D eigenvalue weighted by molar-refractivity contribution is 6.30. The monoisotopic (exact) mass is 314 g/mol. The van der Waals surface area contributed by atoms with Gasteiger partial charge in [-0.15, -0.1) is 11.6 Å². The number of aryl methyl sites for hydroxylation is 1. The highest BCUT2D eigenvalue weighted by Gasteiger charge is 2.15. The van der Waals surface area contributed by atoms with E-state index in [0.29, 0.717) is 0 Å². The summed E-state index contributed by atoms with van der Waals surface area (Å²) >= 11 is 12.8.